The predicted octanol–water partition coefficient (Wildman–Crippen LogP) is 5.09. The Morgan fingerprint density at radius 3 is 2.45 bits per heavy atom. The monoisotopic (exact) mass is 544 g/mol. The molecule has 0 aromatic carbocycles. The second-order valence-electron chi connectivity index (χ2n) is 12.0. The molecular weight excluding hydrogens is 512 g/mol. The number of esters is 1. The Bertz CT molecular complexity index is 1460. The van der Waals surface area contributed by atoms with Crippen LogP contribution in [0.2, 0.25) is 0 Å². The summed E-state index contributed by atoms with van der Waals surface area (Å²) in [7, 11) is 1.35. The zero-order valence-electron chi connectivity index (χ0n) is 22.7. The van der Waals surface area contributed by atoms with E-state index < -0.39 is 10.9 Å². The van der Waals surface area contributed by atoms with Crippen LogP contribution < -0.4 is 9.64 Å². The summed E-state index contributed by atoms with van der Waals surface area (Å²) in [5.74, 6) is 2.59. The molecule has 208 valence electrons. The van der Waals surface area contributed by atoms with Gasteiger partial charge in [-0.15, -0.1) is 0 Å². The standard InChI is InChI=1S/C29H32N6O5/c1-17-22(15-32-34(17)16-29-10-18-7-19(11-29)9-20(8-18)12-29)23-14-31-27-26(25(23)28(36)39-2)40-6-5-33(27)21-3-4-24(30-13-21)35(37)38/h3-4,13-15,18-20H,5-12,16H2,1-2H3. The largest absolute Gasteiger partial charge is 0.487 e. The highest BCUT2D eigenvalue weighted by atomic mass is 16.6. The Morgan fingerprint density at radius 2 is 1.82 bits per heavy atom. The topological polar surface area (TPSA) is 126 Å². The minimum atomic E-state index is -0.539. The van der Waals surface area contributed by atoms with Crippen LogP contribution in [0.5, 0.6) is 5.75 Å². The van der Waals surface area contributed by atoms with Gasteiger partial charge in [-0.2, -0.15) is 5.10 Å². The van der Waals surface area contributed by atoms with Crippen molar-refractivity contribution < 1.29 is 19.2 Å². The summed E-state index contributed by atoms with van der Waals surface area (Å²) in [6.07, 6.45) is 13.0. The van der Waals surface area contributed by atoms with E-state index in [4.69, 9.17) is 19.6 Å². The first-order chi connectivity index (χ1) is 19.3. The average molecular weight is 545 g/mol. The first kappa shape index (κ1) is 25.0. The molecule has 1 aliphatic heterocycles. The van der Waals surface area contributed by atoms with Crippen molar-refractivity contribution in [2.45, 2.75) is 52.0 Å². The number of nitro groups is 1. The maximum absolute atomic E-state index is 13.2. The van der Waals surface area contributed by atoms with E-state index in [0.29, 0.717) is 46.9 Å². The fraction of sp³-hybridized carbons (Fsp3) is 0.517. The van der Waals surface area contributed by atoms with Crippen LogP contribution in [0.25, 0.3) is 11.1 Å². The number of nitrogens with zero attached hydrogens (tertiary/aromatic N) is 6. The van der Waals surface area contributed by atoms with Crippen LogP contribution >= 0.6 is 0 Å². The number of hydrogen-bond acceptors (Lipinski definition) is 9. The molecule has 4 fully saturated rings. The molecule has 4 saturated carbocycles. The van der Waals surface area contributed by atoms with E-state index in [2.05, 4.69) is 16.6 Å². The Morgan fingerprint density at radius 1 is 1.10 bits per heavy atom. The van der Waals surface area contributed by atoms with Gasteiger partial charge < -0.3 is 24.5 Å². The lowest BCUT2D eigenvalue weighted by atomic mass is 9.49. The molecule has 3 aromatic heterocycles. The number of rotatable bonds is 6. The molecule has 0 amide bonds. The van der Waals surface area contributed by atoms with Crippen molar-refractivity contribution in [2.75, 3.05) is 25.2 Å². The lowest BCUT2D eigenvalue weighted by Gasteiger charge is -2.56. The van der Waals surface area contributed by atoms with Gasteiger partial charge in [-0.1, -0.05) is 0 Å². The number of carbonyl (C=O) groups excluding carboxylic acids is 1. The molecule has 0 N–H and O–H groups in total. The van der Waals surface area contributed by atoms with E-state index in [1.54, 1.807) is 12.3 Å². The minimum absolute atomic E-state index is 0.239. The summed E-state index contributed by atoms with van der Waals surface area (Å²) in [5, 5.41) is 15.9. The molecule has 0 radical (unpaired) electrons. The molecule has 11 nitrogen and oxygen atoms in total. The summed E-state index contributed by atoms with van der Waals surface area (Å²) < 4.78 is 13.4. The van der Waals surface area contributed by atoms with Crippen molar-refractivity contribution in [3.8, 4) is 16.9 Å². The molecule has 40 heavy (non-hydrogen) atoms. The second-order valence-corrected chi connectivity index (χ2v) is 12.0. The number of anilines is 2. The number of pyridine rings is 2. The Hall–Kier alpha value is -4.02. The number of methoxy groups -OCH3 is 1. The number of aromatic nitrogens is 4. The number of ether oxygens (including phenoxy) is 2. The van der Waals surface area contributed by atoms with Crippen molar-refractivity contribution in [3.63, 3.8) is 0 Å². The highest BCUT2D eigenvalue weighted by Crippen LogP contribution is 2.60. The van der Waals surface area contributed by atoms with Gasteiger partial charge in [-0.3, -0.25) is 4.68 Å². The van der Waals surface area contributed by atoms with E-state index in [0.717, 1.165) is 35.6 Å². The summed E-state index contributed by atoms with van der Waals surface area (Å²) in [4.78, 5) is 34.2. The molecule has 5 aliphatic rings. The summed E-state index contributed by atoms with van der Waals surface area (Å²) in [6.45, 7) is 3.70. The molecule has 4 aliphatic carbocycles. The van der Waals surface area contributed by atoms with E-state index in [9.17, 15) is 14.9 Å². The third-order valence-corrected chi connectivity index (χ3v) is 9.50. The lowest BCUT2D eigenvalue weighted by molar-refractivity contribution is -0.389. The third kappa shape index (κ3) is 4.01. The first-order valence-electron chi connectivity index (χ1n) is 14.0. The van der Waals surface area contributed by atoms with E-state index in [1.165, 1.54) is 57.9 Å². The third-order valence-electron chi connectivity index (χ3n) is 9.50. The smallest absolute Gasteiger partial charge is 0.363 e. The fourth-order valence-corrected chi connectivity index (χ4v) is 8.23. The quantitative estimate of drug-likeness (QED) is 0.237. The first-order valence-corrected chi connectivity index (χ1v) is 14.0. The molecular formula is C29H32N6O5. The molecule has 8 rings (SSSR count). The van der Waals surface area contributed by atoms with Crippen molar-refractivity contribution in [1.82, 2.24) is 19.7 Å². The van der Waals surface area contributed by atoms with Gasteiger partial charge in [0.25, 0.3) is 0 Å². The lowest BCUT2D eigenvalue weighted by Crippen LogP contribution is -2.48. The molecule has 0 unspecified atom stereocenters. The average Bonchev–Trinajstić information content (AvgIpc) is 3.29. The van der Waals surface area contributed by atoms with Gasteiger partial charge in [0.15, 0.2) is 17.8 Å². The second kappa shape index (κ2) is 9.28. The molecule has 0 spiro atoms. The van der Waals surface area contributed by atoms with Crippen LogP contribution in [0.15, 0.2) is 30.7 Å². The van der Waals surface area contributed by atoms with Crippen molar-refractivity contribution >= 4 is 23.3 Å². The zero-order chi connectivity index (χ0) is 27.6. The minimum Gasteiger partial charge on any atom is -0.487 e. The Labute approximate surface area is 231 Å². The number of fused-ring (bicyclic) bond motifs is 1. The summed E-state index contributed by atoms with van der Waals surface area (Å²) >= 11 is 0. The Balaban J connectivity index is 1.25. The van der Waals surface area contributed by atoms with Crippen molar-refractivity contribution in [1.29, 1.82) is 0 Å². The van der Waals surface area contributed by atoms with Gasteiger partial charge in [0.1, 0.15) is 12.2 Å². The maximum Gasteiger partial charge on any atom is 0.363 e. The fourth-order valence-electron chi connectivity index (χ4n) is 8.23. The highest BCUT2D eigenvalue weighted by molar-refractivity contribution is 6.02. The number of carbonyl (C=O) groups is 1. The van der Waals surface area contributed by atoms with E-state index in [1.807, 2.05) is 11.1 Å². The molecule has 4 heterocycles. The molecule has 3 aromatic rings. The van der Waals surface area contributed by atoms with Crippen LogP contribution in [0, 0.1) is 40.2 Å². The molecule has 0 saturated heterocycles. The van der Waals surface area contributed by atoms with Gasteiger partial charge >= 0.3 is 11.8 Å². The van der Waals surface area contributed by atoms with Gasteiger partial charge in [-0.25, -0.2) is 9.78 Å². The van der Waals surface area contributed by atoms with Crippen LogP contribution in [0.4, 0.5) is 17.3 Å². The summed E-state index contributed by atoms with van der Waals surface area (Å²) in [6, 6.07) is 2.97. The van der Waals surface area contributed by atoms with Gasteiger partial charge in [0.05, 0.1) is 25.5 Å². The van der Waals surface area contributed by atoms with Crippen LogP contribution in [-0.4, -0.2) is 50.9 Å². The van der Waals surface area contributed by atoms with Crippen molar-refractivity contribution in [2.24, 2.45) is 23.2 Å². The SMILES string of the molecule is COC(=O)c1c(-c2cnn(CC34CC5CC(CC(C5)C3)C4)c2C)cnc2c1OCCN2c1ccc([N+](=O)[O-])nc1. The van der Waals surface area contributed by atoms with E-state index >= 15 is 0 Å². The molecule has 0 atom stereocenters. The molecule has 4 bridgehead atoms. The molecule has 11 heteroatoms. The zero-order valence-corrected chi connectivity index (χ0v) is 22.7. The summed E-state index contributed by atoms with van der Waals surface area (Å²) in [5.41, 5.74) is 3.68. The normalized spacial score (nSPS) is 26.4. The van der Waals surface area contributed by atoms with Crippen LogP contribution in [0.3, 0.4) is 0 Å². The maximum atomic E-state index is 13.2. The van der Waals surface area contributed by atoms with Gasteiger partial charge in [-0.05, 0) is 84.6 Å². The Kier molecular flexibility index (Phi) is 5.79. The number of hydrogen-bond donors (Lipinski definition) is 0. The van der Waals surface area contributed by atoms with Gasteiger partial charge in [0.2, 0.25) is 0 Å². The van der Waals surface area contributed by atoms with Crippen molar-refractivity contribution in [3.05, 3.63) is 52.1 Å². The van der Waals surface area contributed by atoms with E-state index in [-0.39, 0.29) is 5.82 Å². The van der Waals surface area contributed by atoms with Gasteiger partial charge in [0, 0.05) is 35.6 Å². The van der Waals surface area contributed by atoms with Crippen LogP contribution in [-0.2, 0) is 11.3 Å². The van der Waals surface area contributed by atoms with Crippen LogP contribution in [0.1, 0.15) is 54.6 Å². The predicted molar refractivity (Wildman–Crippen MR) is 146 cm³/mol. The highest BCUT2D eigenvalue weighted by Gasteiger charge is 2.51.